The number of hydrogen-bond acceptors (Lipinski definition) is 5. The maximum Gasteiger partial charge on any atom is 0.259 e. The van der Waals surface area contributed by atoms with Gasteiger partial charge in [0.15, 0.2) is 0 Å². The van der Waals surface area contributed by atoms with Gasteiger partial charge in [-0.05, 0) is 24.3 Å². The molecule has 0 saturated carbocycles. The number of carbonyl (C=O) groups excluding carboxylic acids is 1. The molecular formula is C18H21NO5. The van der Waals surface area contributed by atoms with E-state index < -0.39 is 0 Å². The number of carbonyl (C=O) groups is 1. The van der Waals surface area contributed by atoms with Gasteiger partial charge in [0.25, 0.3) is 5.91 Å². The highest BCUT2D eigenvalue weighted by atomic mass is 16.5. The Kier molecular flexibility index (Phi) is 6.45. The van der Waals surface area contributed by atoms with E-state index >= 15 is 0 Å². The molecule has 2 aromatic carbocycles. The van der Waals surface area contributed by atoms with Crippen LogP contribution in [0.15, 0.2) is 42.5 Å². The molecule has 0 unspecified atom stereocenters. The third-order valence-corrected chi connectivity index (χ3v) is 3.33. The molecule has 0 aromatic heterocycles. The quantitative estimate of drug-likeness (QED) is 0.753. The first kappa shape index (κ1) is 17.6. The maximum absolute atomic E-state index is 12.6. The van der Waals surface area contributed by atoms with Crippen molar-refractivity contribution in [2.45, 2.75) is 0 Å². The minimum absolute atomic E-state index is 0.297. The second-order valence-corrected chi connectivity index (χ2v) is 4.86. The van der Waals surface area contributed by atoms with E-state index in [-0.39, 0.29) is 5.91 Å². The first-order valence-electron chi connectivity index (χ1n) is 7.43. The lowest BCUT2D eigenvalue weighted by Crippen LogP contribution is -2.15. The monoisotopic (exact) mass is 331 g/mol. The molecule has 0 bridgehead atoms. The molecule has 0 atom stereocenters. The SMILES string of the molecule is COCCOc1ccccc1C(=O)Nc1cc(OC)ccc1OC. The summed E-state index contributed by atoms with van der Waals surface area (Å²) in [6.07, 6.45) is 0. The molecule has 0 radical (unpaired) electrons. The summed E-state index contributed by atoms with van der Waals surface area (Å²) in [6, 6.07) is 12.2. The van der Waals surface area contributed by atoms with E-state index in [1.54, 1.807) is 57.7 Å². The van der Waals surface area contributed by atoms with Gasteiger partial charge in [-0.3, -0.25) is 4.79 Å². The van der Waals surface area contributed by atoms with Crippen molar-refractivity contribution in [2.75, 3.05) is 39.9 Å². The number of amides is 1. The number of ether oxygens (including phenoxy) is 4. The number of benzene rings is 2. The Bertz CT molecular complexity index is 687. The minimum Gasteiger partial charge on any atom is -0.497 e. The molecule has 0 aliphatic heterocycles. The van der Waals surface area contributed by atoms with Gasteiger partial charge < -0.3 is 24.3 Å². The summed E-state index contributed by atoms with van der Waals surface area (Å²) in [5.74, 6) is 1.36. The number of nitrogens with one attached hydrogen (secondary N) is 1. The normalized spacial score (nSPS) is 10.1. The second-order valence-electron chi connectivity index (χ2n) is 4.86. The highest BCUT2D eigenvalue weighted by molar-refractivity contribution is 6.07. The van der Waals surface area contributed by atoms with Crippen LogP contribution < -0.4 is 19.5 Å². The van der Waals surface area contributed by atoms with Crippen LogP contribution in [0, 0.1) is 0 Å². The van der Waals surface area contributed by atoms with Crippen molar-refractivity contribution in [1.29, 1.82) is 0 Å². The lowest BCUT2D eigenvalue weighted by molar-refractivity contribution is 0.101. The summed E-state index contributed by atoms with van der Waals surface area (Å²) < 4.78 is 21.0. The average molecular weight is 331 g/mol. The van der Waals surface area contributed by atoms with Gasteiger partial charge in [-0.15, -0.1) is 0 Å². The van der Waals surface area contributed by atoms with Crippen molar-refractivity contribution in [3.63, 3.8) is 0 Å². The van der Waals surface area contributed by atoms with Crippen molar-refractivity contribution in [2.24, 2.45) is 0 Å². The van der Waals surface area contributed by atoms with Crippen LogP contribution in [0.3, 0.4) is 0 Å². The largest absolute Gasteiger partial charge is 0.497 e. The molecule has 1 N–H and O–H groups in total. The zero-order valence-electron chi connectivity index (χ0n) is 14.0. The zero-order valence-corrected chi connectivity index (χ0v) is 14.0. The molecule has 0 fully saturated rings. The predicted octanol–water partition coefficient (Wildman–Crippen LogP) is 2.98. The summed E-state index contributed by atoms with van der Waals surface area (Å²) in [7, 11) is 4.70. The number of rotatable bonds is 8. The Hall–Kier alpha value is -2.73. The topological polar surface area (TPSA) is 66.0 Å². The molecule has 1 amide bonds. The Morgan fingerprint density at radius 3 is 2.46 bits per heavy atom. The van der Waals surface area contributed by atoms with Gasteiger partial charge in [0.2, 0.25) is 0 Å². The Labute approximate surface area is 141 Å². The Morgan fingerprint density at radius 1 is 0.958 bits per heavy atom. The fourth-order valence-corrected chi connectivity index (χ4v) is 2.12. The van der Waals surface area contributed by atoms with Gasteiger partial charge in [0.1, 0.15) is 23.9 Å². The van der Waals surface area contributed by atoms with E-state index in [1.165, 1.54) is 0 Å². The Morgan fingerprint density at radius 2 is 1.75 bits per heavy atom. The predicted molar refractivity (Wildman–Crippen MR) is 91.3 cm³/mol. The smallest absolute Gasteiger partial charge is 0.259 e. The molecule has 0 heterocycles. The van der Waals surface area contributed by atoms with Crippen LogP contribution in [0.2, 0.25) is 0 Å². The molecule has 2 rings (SSSR count). The summed E-state index contributed by atoms with van der Waals surface area (Å²) >= 11 is 0. The van der Waals surface area contributed by atoms with E-state index in [0.717, 1.165) is 0 Å². The third-order valence-electron chi connectivity index (χ3n) is 3.33. The second kappa shape index (κ2) is 8.79. The fourth-order valence-electron chi connectivity index (χ4n) is 2.12. The first-order valence-corrected chi connectivity index (χ1v) is 7.43. The van der Waals surface area contributed by atoms with Gasteiger partial charge in [-0.1, -0.05) is 12.1 Å². The molecule has 24 heavy (non-hydrogen) atoms. The van der Waals surface area contributed by atoms with Crippen LogP contribution in [-0.2, 0) is 4.74 Å². The molecule has 0 aliphatic rings. The van der Waals surface area contributed by atoms with Gasteiger partial charge in [0, 0.05) is 13.2 Å². The first-order chi connectivity index (χ1) is 11.7. The van der Waals surface area contributed by atoms with Crippen LogP contribution in [-0.4, -0.2) is 40.5 Å². The van der Waals surface area contributed by atoms with Gasteiger partial charge in [0.05, 0.1) is 32.1 Å². The van der Waals surface area contributed by atoms with E-state index in [9.17, 15) is 4.79 Å². The fraction of sp³-hybridized carbons (Fsp3) is 0.278. The van der Waals surface area contributed by atoms with Gasteiger partial charge >= 0.3 is 0 Å². The van der Waals surface area contributed by atoms with Crippen LogP contribution in [0.1, 0.15) is 10.4 Å². The van der Waals surface area contributed by atoms with Gasteiger partial charge in [-0.25, -0.2) is 0 Å². The molecule has 6 heteroatoms. The highest BCUT2D eigenvalue weighted by Crippen LogP contribution is 2.30. The molecular weight excluding hydrogens is 310 g/mol. The zero-order chi connectivity index (χ0) is 17.4. The molecule has 2 aromatic rings. The van der Waals surface area contributed by atoms with E-state index in [4.69, 9.17) is 18.9 Å². The standard InChI is InChI=1S/C18H21NO5/c1-21-10-11-24-16-7-5-4-6-14(16)18(20)19-15-12-13(22-2)8-9-17(15)23-3/h4-9,12H,10-11H2,1-3H3,(H,19,20). The highest BCUT2D eigenvalue weighted by Gasteiger charge is 2.15. The maximum atomic E-state index is 12.6. The molecule has 0 aliphatic carbocycles. The number of hydrogen-bond donors (Lipinski definition) is 1. The summed E-state index contributed by atoms with van der Waals surface area (Å²) in [6.45, 7) is 0.808. The molecule has 128 valence electrons. The van der Waals surface area contributed by atoms with Crippen molar-refractivity contribution in [3.05, 3.63) is 48.0 Å². The van der Waals surface area contributed by atoms with E-state index in [1.807, 2.05) is 6.07 Å². The Balaban J connectivity index is 2.21. The number of anilines is 1. The summed E-state index contributed by atoms with van der Waals surface area (Å²) in [5.41, 5.74) is 0.951. The molecule has 0 spiro atoms. The lowest BCUT2D eigenvalue weighted by atomic mass is 10.1. The number of methoxy groups -OCH3 is 3. The van der Waals surface area contributed by atoms with E-state index in [0.29, 0.717) is 41.7 Å². The minimum atomic E-state index is -0.297. The van der Waals surface area contributed by atoms with Crippen molar-refractivity contribution >= 4 is 11.6 Å². The molecule has 6 nitrogen and oxygen atoms in total. The average Bonchev–Trinajstić information content (AvgIpc) is 2.62. The van der Waals surface area contributed by atoms with Crippen molar-refractivity contribution in [3.8, 4) is 17.2 Å². The summed E-state index contributed by atoms with van der Waals surface area (Å²) in [5, 5.41) is 2.83. The van der Waals surface area contributed by atoms with Crippen LogP contribution in [0.5, 0.6) is 17.2 Å². The van der Waals surface area contributed by atoms with Gasteiger partial charge in [-0.2, -0.15) is 0 Å². The molecule has 0 saturated heterocycles. The van der Waals surface area contributed by atoms with Crippen LogP contribution in [0.25, 0.3) is 0 Å². The lowest BCUT2D eigenvalue weighted by Gasteiger charge is -2.14. The van der Waals surface area contributed by atoms with Crippen molar-refractivity contribution < 1.29 is 23.7 Å². The third kappa shape index (κ3) is 4.39. The van der Waals surface area contributed by atoms with Crippen LogP contribution >= 0.6 is 0 Å². The van der Waals surface area contributed by atoms with Crippen molar-refractivity contribution in [1.82, 2.24) is 0 Å². The summed E-state index contributed by atoms with van der Waals surface area (Å²) in [4.78, 5) is 12.6. The number of para-hydroxylation sites is 1. The van der Waals surface area contributed by atoms with Crippen LogP contribution in [0.4, 0.5) is 5.69 Å². The van der Waals surface area contributed by atoms with E-state index in [2.05, 4.69) is 5.32 Å².